The molecule has 1 heterocycles. The Hall–Kier alpha value is -0.120. The van der Waals surface area contributed by atoms with Crippen LogP contribution in [0.2, 0.25) is 0 Å². The molecule has 3 heteroatoms. The summed E-state index contributed by atoms with van der Waals surface area (Å²) >= 11 is 0. The molecule has 0 aromatic carbocycles. The number of rotatable bonds is 5. The largest absolute Gasteiger partial charge is 0.392 e. The summed E-state index contributed by atoms with van der Waals surface area (Å²) in [7, 11) is 0. The molecular weight excluding hydrogens is 200 g/mol. The summed E-state index contributed by atoms with van der Waals surface area (Å²) in [5, 5.41) is 13.2. The number of aliphatic hydroxyl groups excluding tert-OH is 1. The van der Waals surface area contributed by atoms with Gasteiger partial charge in [-0.15, -0.1) is 0 Å². The summed E-state index contributed by atoms with van der Waals surface area (Å²) in [6.45, 7) is 9.24. The van der Waals surface area contributed by atoms with E-state index in [-0.39, 0.29) is 11.5 Å². The van der Waals surface area contributed by atoms with E-state index in [0.717, 1.165) is 13.0 Å². The Balaban J connectivity index is 1.55. The molecular formula is C13H26N2O. The van der Waals surface area contributed by atoms with E-state index in [4.69, 9.17) is 0 Å². The quantitative estimate of drug-likeness (QED) is 0.692. The fraction of sp³-hybridized carbons (Fsp3) is 1.00. The third-order valence-corrected chi connectivity index (χ3v) is 4.46. The van der Waals surface area contributed by atoms with Crippen molar-refractivity contribution in [3.63, 3.8) is 0 Å². The molecule has 0 amide bonds. The maximum Gasteiger partial charge on any atom is 0.0621 e. The van der Waals surface area contributed by atoms with Crippen molar-refractivity contribution in [2.24, 2.45) is 5.41 Å². The van der Waals surface area contributed by atoms with Crippen LogP contribution >= 0.6 is 0 Å². The predicted octanol–water partition coefficient (Wildman–Crippen LogP) is 1.22. The van der Waals surface area contributed by atoms with E-state index >= 15 is 0 Å². The maximum absolute atomic E-state index is 9.63. The summed E-state index contributed by atoms with van der Waals surface area (Å²) < 4.78 is 0. The Morgan fingerprint density at radius 2 is 2.00 bits per heavy atom. The highest BCUT2D eigenvalue weighted by atomic mass is 16.3. The van der Waals surface area contributed by atoms with E-state index in [1.165, 1.54) is 38.9 Å². The molecule has 2 fully saturated rings. The molecule has 1 saturated carbocycles. The molecule has 0 bridgehead atoms. The molecule has 2 unspecified atom stereocenters. The van der Waals surface area contributed by atoms with Crippen LogP contribution in [-0.2, 0) is 0 Å². The molecule has 1 aliphatic heterocycles. The normalized spacial score (nSPS) is 33.9. The Morgan fingerprint density at radius 3 is 2.56 bits per heavy atom. The Labute approximate surface area is 99.2 Å². The minimum Gasteiger partial charge on any atom is -0.392 e. The number of aliphatic hydroxyl groups is 1. The number of likely N-dealkylation sites (tertiary alicyclic amines) is 1. The first-order valence-electron chi connectivity index (χ1n) is 6.74. The highest BCUT2D eigenvalue weighted by Gasteiger charge is 2.46. The molecule has 3 nitrogen and oxygen atoms in total. The fourth-order valence-corrected chi connectivity index (χ4v) is 2.83. The van der Waals surface area contributed by atoms with Gasteiger partial charge >= 0.3 is 0 Å². The minimum atomic E-state index is -0.108. The van der Waals surface area contributed by atoms with Crippen molar-refractivity contribution in [1.29, 1.82) is 0 Å². The standard InChI is InChI=1S/C13H26N2O/c1-13(2)11(10-12(13)16)14-6-5-9-15-7-3-4-8-15/h11-12,14,16H,3-10H2,1-2H3. The van der Waals surface area contributed by atoms with Crippen LogP contribution in [0.15, 0.2) is 0 Å². The van der Waals surface area contributed by atoms with Gasteiger partial charge in [-0.2, -0.15) is 0 Å². The second kappa shape index (κ2) is 5.03. The first-order valence-corrected chi connectivity index (χ1v) is 6.74. The molecule has 94 valence electrons. The Morgan fingerprint density at radius 1 is 1.31 bits per heavy atom. The van der Waals surface area contributed by atoms with Gasteiger partial charge in [-0.05, 0) is 51.9 Å². The molecule has 2 rings (SSSR count). The number of hydrogen-bond acceptors (Lipinski definition) is 3. The van der Waals surface area contributed by atoms with Crippen LogP contribution in [0.25, 0.3) is 0 Å². The van der Waals surface area contributed by atoms with E-state index < -0.39 is 0 Å². The lowest BCUT2D eigenvalue weighted by Gasteiger charge is -2.49. The van der Waals surface area contributed by atoms with Gasteiger partial charge in [0.15, 0.2) is 0 Å². The SMILES string of the molecule is CC1(C)C(O)CC1NCCCN1CCCC1. The molecule has 16 heavy (non-hydrogen) atoms. The monoisotopic (exact) mass is 226 g/mol. The van der Waals surface area contributed by atoms with Crippen molar-refractivity contribution in [2.45, 2.75) is 51.7 Å². The second-order valence-corrected chi connectivity index (χ2v) is 5.98. The smallest absolute Gasteiger partial charge is 0.0621 e. The molecule has 0 radical (unpaired) electrons. The number of nitrogens with one attached hydrogen (secondary N) is 1. The van der Waals surface area contributed by atoms with Crippen molar-refractivity contribution in [2.75, 3.05) is 26.2 Å². The summed E-state index contributed by atoms with van der Waals surface area (Å²) in [5.74, 6) is 0. The summed E-state index contributed by atoms with van der Waals surface area (Å²) in [6, 6.07) is 0.515. The maximum atomic E-state index is 9.63. The van der Waals surface area contributed by atoms with Gasteiger partial charge in [-0.3, -0.25) is 0 Å². The van der Waals surface area contributed by atoms with Gasteiger partial charge in [-0.1, -0.05) is 13.8 Å². The van der Waals surface area contributed by atoms with Gasteiger partial charge in [-0.25, -0.2) is 0 Å². The molecule has 0 aromatic heterocycles. The average molecular weight is 226 g/mol. The second-order valence-electron chi connectivity index (χ2n) is 5.98. The Kier molecular flexibility index (Phi) is 3.88. The van der Waals surface area contributed by atoms with E-state index in [9.17, 15) is 5.11 Å². The van der Waals surface area contributed by atoms with Gasteiger partial charge in [0.2, 0.25) is 0 Å². The van der Waals surface area contributed by atoms with E-state index in [1.54, 1.807) is 0 Å². The van der Waals surface area contributed by atoms with Crippen LogP contribution in [0.1, 0.15) is 39.5 Å². The van der Waals surface area contributed by atoms with Crippen molar-refractivity contribution in [1.82, 2.24) is 10.2 Å². The molecule has 2 N–H and O–H groups in total. The van der Waals surface area contributed by atoms with Crippen LogP contribution in [0.5, 0.6) is 0 Å². The highest BCUT2D eigenvalue weighted by Crippen LogP contribution is 2.40. The minimum absolute atomic E-state index is 0.0770. The van der Waals surface area contributed by atoms with Crippen LogP contribution in [0.4, 0.5) is 0 Å². The molecule has 2 aliphatic rings. The van der Waals surface area contributed by atoms with Crippen molar-refractivity contribution in [3.8, 4) is 0 Å². The molecule has 0 aromatic rings. The van der Waals surface area contributed by atoms with Crippen LogP contribution in [0.3, 0.4) is 0 Å². The van der Waals surface area contributed by atoms with Gasteiger partial charge in [0.1, 0.15) is 0 Å². The van der Waals surface area contributed by atoms with Gasteiger partial charge in [0, 0.05) is 11.5 Å². The van der Waals surface area contributed by atoms with Gasteiger partial charge in [0.05, 0.1) is 6.10 Å². The topological polar surface area (TPSA) is 35.5 Å². The molecule has 1 aliphatic carbocycles. The zero-order valence-electron chi connectivity index (χ0n) is 10.7. The lowest BCUT2D eigenvalue weighted by molar-refractivity contribution is -0.0723. The van der Waals surface area contributed by atoms with Crippen LogP contribution in [0, 0.1) is 5.41 Å². The predicted molar refractivity (Wildman–Crippen MR) is 66.5 cm³/mol. The number of nitrogens with zero attached hydrogens (tertiary/aromatic N) is 1. The highest BCUT2D eigenvalue weighted by molar-refractivity contribution is 5.01. The Bertz CT molecular complexity index is 224. The third-order valence-electron chi connectivity index (χ3n) is 4.46. The zero-order chi connectivity index (χ0) is 11.6. The lowest BCUT2D eigenvalue weighted by atomic mass is 9.64. The average Bonchev–Trinajstić information content (AvgIpc) is 2.75. The van der Waals surface area contributed by atoms with E-state index in [1.807, 2.05) is 0 Å². The zero-order valence-corrected chi connectivity index (χ0v) is 10.7. The van der Waals surface area contributed by atoms with Crippen LogP contribution in [-0.4, -0.2) is 48.3 Å². The van der Waals surface area contributed by atoms with Crippen LogP contribution < -0.4 is 5.32 Å². The molecule has 0 spiro atoms. The summed E-state index contributed by atoms with van der Waals surface area (Å²) in [5.41, 5.74) is 0.0770. The summed E-state index contributed by atoms with van der Waals surface area (Å²) in [6.07, 6.45) is 4.83. The number of hydrogen-bond donors (Lipinski definition) is 2. The molecule has 1 saturated heterocycles. The van der Waals surface area contributed by atoms with Crippen molar-refractivity contribution < 1.29 is 5.11 Å². The van der Waals surface area contributed by atoms with Crippen molar-refractivity contribution in [3.05, 3.63) is 0 Å². The first kappa shape index (κ1) is 12.3. The molecule has 2 atom stereocenters. The van der Waals surface area contributed by atoms with Crippen molar-refractivity contribution >= 4 is 0 Å². The van der Waals surface area contributed by atoms with E-state index in [2.05, 4.69) is 24.1 Å². The van der Waals surface area contributed by atoms with Gasteiger partial charge in [0.25, 0.3) is 0 Å². The van der Waals surface area contributed by atoms with E-state index in [0.29, 0.717) is 6.04 Å². The summed E-state index contributed by atoms with van der Waals surface area (Å²) in [4.78, 5) is 2.56. The lowest BCUT2D eigenvalue weighted by Crippen LogP contribution is -2.60. The third kappa shape index (κ3) is 2.58. The first-order chi connectivity index (χ1) is 7.60. The fourth-order valence-electron chi connectivity index (χ4n) is 2.83. The van der Waals surface area contributed by atoms with Gasteiger partial charge < -0.3 is 15.3 Å².